The molecule has 0 unspecified atom stereocenters. The summed E-state index contributed by atoms with van der Waals surface area (Å²) in [5.74, 6) is 1.20. The molecule has 1 N–H and O–H groups in total. The zero-order valence-corrected chi connectivity index (χ0v) is 14.1. The number of ether oxygens (including phenoxy) is 2. The first kappa shape index (κ1) is 16.8. The summed E-state index contributed by atoms with van der Waals surface area (Å²) in [6.45, 7) is -0.0989. The number of hydrogen-bond acceptors (Lipinski definition) is 4. The Labute approximate surface area is 147 Å². The zero-order valence-electron chi connectivity index (χ0n) is 14.1. The van der Waals surface area contributed by atoms with Gasteiger partial charge < -0.3 is 14.8 Å². The molecule has 128 valence electrons. The van der Waals surface area contributed by atoms with E-state index in [0.717, 1.165) is 18.4 Å². The molecule has 1 saturated carbocycles. The summed E-state index contributed by atoms with van der Waals surface area (Å²) in [5, 5.41) is 12.0. The summed E-state index contributed by atoms with van der Waals surface area (Å²) in [7, 11) is 1.50. The van der Waals surface area contributed by atoms with Crippen LogP contribution in [-0.4, -0.2) is 19.6 Å². The van der Waals surface area contributed by atoms with E-state index in [1.165, 1.54) is 7.11 Å². The van der Waals surface area contributed by atoms with Crippen molar-refractivity contribution < 1.29 is 14.3 Å². The van der Waals surface area contributed by atoms with Gasteiger partial charge in [0.15, 0.2) is 18.1 Å². The van der Waals surface area contributed by atoms with Crippen molar-refractivity contribution in [2.24, 2.45) is 5.92 Å². The molecule has 5 heteroatoms. The lowest BCUT2D eigenvalue weighted by Gasteiger charge is -2.19. The lowest BCUT2D eigenvalue weighted by atomic mass is 10.0. The Balaban J connectivity index is 1.62. The van der Waals surface area contributed by atoms with Crippen LogP contribution in [0.2, 0.25) is 0 Å². The second kappa shape index (κ2) is 7.71. The van der Waals surface area contributed by atoms with E-state index in [-0.39, 0.29) is 18.6 Å². The Morgan fingerprint density at radius 3 is 2.64 bits per heavy atom. The summed E-state index contributed by atoms with van der Waals surface area (Å²) in [5.41, 5.74) is 1.60. The molecule has 0 heterocycles. The average molecular weight is 336 g/mol. The van der Waals surface area contributed by atoms with E-state index in [1.54, 1.807) is 18.2 Å². The Morgan fingerprint density at radius 1 is 1.24 bits per heavy atom. The van der Waals surface area contributed by atoms with Crippen molar-refractivity contribution in [2.75, 3.05) is 13.7 Å². The van der Waals surface area contributed by atoms with Crippen LogP contribution >= 0.6 is 0 Å². The van der Waals surface area contributed by atoms with E-state index in [1.807, 2.05) is 36.4 Å². The predicted octanol–water partition coefficient (Wildman–Crippen LogP) is 3.21. The minimum absolute atomic E-state index is 0.0279. The van der Waals surface area contributed by atoms with Gasteiger partial charge in [-0.3, -0.25) is 4.79 Å². The molecule has 0 saturated heterocycles. The van der Waals surface area contributed by atoms with Crippen molar-refractivity contribution in [3.8, 4) is 17.6 Å². The third-order valence-corrected chi connectivity index (χ3v) is 4.22. The molecule has 25 heavy (non-hydrogen) atoms. The third kappa shape index (κ3) is 4.30. The number of benzene rings is 2. The Bertz CT molecular complexity index is 779. The van der Waals surface area contributed by atoms with E-state index in [0.29, 0.717) is 23.0 Å². The number of carbonyl (C=O) groups excluding carboxylic acids is 1. The van der Waals surface area contributed by atoms with Crippen LogP contribution in [0.4, 0.5) is 0 Å². The highest BCUT2D eigenvalue weighted by Gasteiger charge is 2.33. The van der Waals surface area contributed by atoms with Crippen molar-refractivity contribution in [2.45, 2.75) is 18.9 Å². The Kier molecular flexibility index (Phi) is 5.20. The number of methoxy groups -OCH3 is 1. The van der Waals surface area contributed by atoms with Gasteiger partial charge in [0.2, 0.25) is 0 Å². The Hall–Kier alpha value is -3.00. The number of amides is 1. The minimum atomic E-state index is -0.174. The maximum atomic E-state index is 12.3. The smallest absolute Gasteiger partial charge is 0.258 e. The molecular weight excluding hydrogens is 316 g/mol. The quantitative estimate of drug-likeness (QED) is 0.843. The van der Waals surface area contributed by atoms with Gasteiger partial charge in [0.25, 0.3) is 5.91 Å². The molecule has 3 rings (SSSR count). The molecule has 0 bridgehead atoms. The number of nitriles is 1. The van der Waals surface area contributed by atoms with Gasteiger partial charge in [-0.2, -0.15) is 5.26 Å². The Morgan fingerprint density at radius 2 is 2.00 bits per heavy atom. The summed E-state index contributed by atoms with van der Waals surface area (Å²) in [4.78, 5) is 12.3. The van der Waals surface area contributed by atoms with Gasteiger partial charge in [-0.05, 0) is 36.5 Å². The molecular formula is C20H20N2O3. The topological polar surface area (TPSA) is 71.3 Å². The molecule has 1 aliphatic carbocycles. The number of hydrogen-bond donors (Lipinski definition) is 1. The standard InChI is InChI=1S/C20H20N2O3/c1-24-18-11-14(12-21)7-10-17(18)25-13-19(23)22-20(16-8-9-16)15-5-3-2-4-6-15/h2-7,10-11,16,20H,8-9,13H2,1H3,(H,22,23)/t20-/m0/s1. The number of rotatable bonds is 7. The molecule has 1 amide bonds. The van der Waals surface area contributed by atoms with Gasteiger partial charge in [-0.1, -0.05) is 30.3 Å². The van der Waals surface area contributed by atoms with Gasteiger partial charge in [0, 0.05) is 6.07 Å². The summed E-state index contributed by atoms with van der Waals surface area (Å²) >= 11 is 0. The first-order valence-corrected chi connectivity index (χ1v) is 8.26. The third-order valence-electron chi connectivity index (χ3n) is 4.22. The SMILES string of the molecule is COc1cc(C#N)ccc1OCC(=O)N[C@@H](c1ccccc1)C1CC1. The van der Waals surface area contributed by atoms with Crippen LogP contribution in [0.5, 0.6) is 11.5 Å². The van der Waals surface area contributed by atoms with Crippen molar-refractivity contribution in [3.63, 3.8) is 0 Å². The molecule has 0 spiro atoms. The van der Waals surface area contributed by atoms with Crippen LogP contribution in [0.25, 0.3) is 0 Å². The molecule has 1 atom stereocenters. The normalized spacial score (nSPS) is 14.2. The van der Waals surface area contributed by atoms with Gasteiger partial charge in [0.05, 0.1) is 24.8 Å². The van der Waals surface area contributed by atoms with Crippen LogP contribution in [0.1, 0.15) is 30.0 Å². The minimum Gasteiger partial charge on any atom is -0.493 e. The molecule has 2 aromatic carbocycles. The highest BCUT2D eigenvalue weighted by Crippen LogP contribution is 2.40. The fraction of sp³-hybridized carbons (Fsp3) is 0.300. The van der Waals surface area contributed by atoms with Crippen LogP contribution in [-0.2, 0) is 4.79 Å². The summed E-state index contributed by atoms with van der Waals surface area (Å²) in [6.07, 6.45) is 2.26. The van der Waals surface area contributed by atoms with Crippen LogP contribution in [0.3, 0.4) is 0 Å². The average Bonchev–Trinajstić information content (AvgIpc) is 3.50. The fourth-order valence-electron chi connectivity index (χ4n) is 2.78. The summed E-state index contributed by atoms with van der Waals surface area (Å²) in [6, 6.07) is 16.9. The van der Waals surface area contributed by atoms with Crippen LogP contribution in [0.15, 0.2) is 48.5 Å². The number of nitrogens with one attached hydrogen (secondary N) is 1. The first-order chi connectivity index (χ1) is 12.2. The highest BCUT2D eigenvalue weighted by molar-refractivity contribution is 5.78. The molecule has 5 nitrogen and oxygen atoms in total. The van der Waals surface area contributed by atoms with Crippen molar-refractivity contribution in [3.05, 3.63) is 59.7 Å². The monoisotopic (exact) mass is 336 g/mol. The van der Waals surface area contributed by atoms with Crippen LogP contribution in [0, 0.1) is 17.2 Å². The van der Waals surface area contributed by atoms with Crippen LogP contribution < -0.4 is 14.8 Å². The molecule has 0 aliphatic heterocycles. The fourth-order valence-corrected chi connectivity index (χ4v) is 2.78. The molecule has 1 aliphatic rings. The first-order valence-electron chi connectivity index (χ1n) is 8.26. The van der Waals surface area contributed by atoms with E-state index in [9.17, 15) is 4.79 Å². The van der Waals surface area contributed by atoms with Crippen molar-refractivity contribution in [1.29, 1.82) is 5.26 Å². The maximum absolute atomic E-state index is 12.3. The van der Waals surface area contributed by atoms with Crippen molar-refractivity contribution in [1.82, 2.24) is 5.32 Å². The second-order valence-electron chi connectivity index (χ2n) is 6.06. The van der Waals surface area contributed by atoms with Gasteiger partial charge in [-0.15, -0.1) is 0 Å². The molecule has 2 aromatic rings. The van der Waals surface area contributed by atoms with E-state index < -0.39 is 0 Å². The van der Waals surface area contributed by atoms with E-state index in [2.05, 4.69) is 5.32 Å². The number of carbonyl (C=O) groups is 1. The molecule has 0 aromatic heterocycles. The van der Waals surface area contributed by atoms with Gasteiger partial charge >= 0.3 is 0 Å². The summed E-state index contributed by atoms with van der Waals surface area (Å²) < 4.78 is 10.8. The lowest BCUT2D eigenvalue weighted by Crippen LogP contribution is -2.33. The molecule has 1 fully saturated rings. The zero-order chi connectivity index (χ0) is 17.6. The number of nitrogens with zero attached hydrogens (tertiary/aromatic N) is 1. The van der Waals surface area contributed by atoms with E-state index >= 15 is 0 Å². The predicted molar refractivity (Wildman–Crippen MR) is 93.3 cm³/mol. The second-order valence-corrected chi connectivity index (χ2v) is 6.06. The van der Waals surface area contributed by atoms with Crippen molar-refractivity contribution >= 4 is 5.91 Å². The van der Waals surface area contributed by atoms with E-state index in [4.69, 9.17) is 14.7 Å². The maximum Gasteiger partial charge on any atom is 0.258 e. The lowest BCUT2D eigenvalue weighted by molar-refractivity contribution is -0.124. The van der Waals surface area contributed by atoms with Gasteiger partial charge in [-0.25, -0.2) is 0 Å². The largest absolute Gasteiger partial charge is 0.493 e. The highest BCUT2D eigenvalue weighted by atomic mass is 16.5. The van der Waals surface area contributed by atoms with Gasteiger partial charge in [0.1, 0.15) is 0 Å². The molecule has 0 radical (unpaired) electrons.